The fourth-order valence-electron chi connectivity index (χ4n) is 1.58. The highest BCUT2D eigenvalue weighted by Crippen LogP contribution is 2.30. The highest BCUT2D eigenvalue weighted by atomic mass is 35.5. The van der Waals surface area contributed by atoms with Crippen LogP contribution in [0.15, 0.2) is 36.4 Å². The molecule has 0 aliphatic rings. The van der Waals surface area contributed by atoms with Gasteiger partial charge >= 0.3 is 6.18 Å². The second-order valence-electron chi connectivity index (χ2n) is 4.09. The molecule has 0 radical (unpaired) electrons. The van der Waals surface area contributed by atoms with Gasteiger partial charge < -0.3 is 11.1 Å². The molecule has 21 heavy (non-hydrogen) atoms. The molecule has 0 aliphatic heterocycles. The molecule has 3 N–H and O–H groups in total. The molecule has 1 aromatic heterocycles. The molecule has 0 spiro atoms. The molecular weight excluding hydrogens is 323 g/mol. The SMILES string of the molecule is NC(=S)c1ccc(C(F)(F)F)nc1Nc1ccc(Cl)cc1. The lowest BCUT2D eigenvalue weighted by molar-refractivity contribution is -0.141. The Bertz CT molecular complexity index is 671. The average Bonchev–Trinajstić information content (AvgIpc) is 2.40. The number of alkyl halides is 3. The summed E-state index contributed by atoms with van der Waals surface area (Å²) in [5, 5.41) is 3.26. The van der Waals surface area contributed by atoms with Crippen molar-refractivity contribution in [3.05, 3.63) is 52.7 Å². The van der Waals surface area contributed by atoms with Gasteiger partial charge in [0, 0.05) is 10.7 Å². The molecule has 8 heteroatoms. The van der Waals surface area contributed by atoms with Crippen molar-refractivity contribution >= 4 is 40.3 Å². The van der Waals surface area contributed by atoms with E-state index in [1.165, 1.54) is 6.07 Å². The van der Waals surface area contributed by atoms with Crippen molar-refractivity contribution in [2.75, 3.05) is 5.32 Å². The summed E-state index contributed by atoms with van der Waals surface area (Å²) in [4.78, 5) is 3.50. The van der Waals surface area contributed by atoms with Crippen LogP contribution in [0.1, 0.15) is 11.3 Å². The Morgan fingerprint density at radius 1 is 1.14 bits per heavy atom. The number of halogens is 4. The lowest BCUT2D eigenvalue weighted by Crippen LogP contribution is -2.16. The summed E-state index contributed by atoms with van der Waals surface area (Å²) < 4.78 is 38.2. The van der Waals surface area contributed by atoms with E-state index in [1.54, 1.807) is 24.3 Å². The predicted molar refractivity (Wildman–Crippen MR) is 79.9 cm³/mol. The van der Waals surface area contributed by atoms with Crippen molar-refractivity contribution < 1.29 is 13.2 Å². The smallest absolute Gasteiger partial charge is 0.389 e. The van der Waals surface area contributed by atoms with E-state index in [2.05, 4.69) is 10.3 Å². The van der Waals surface area contributed by atoms with Gasteiger partial charge in [-0.3, -0.25) is 0 Å². The highest BCUT2D eigenvalue weighted by Gasteiger charge is 2.33. The number of thiocarbonyl (C=S) groups is 1. The van der Waals surface area contributed by atoms with Crippen LogP contribution in [0.3, 0.4) is 0 Å². The van der Waals surface area contributed by atoms with E-state index < -0.39 is 11.9 Å². The second-order valence-corrected chi connectivity index (χ2v) is 4.96. The fourth-order valence-corrected chi connectivity index (χ4v) is 1.87. The Labute approximate surface area is 128 Å². The third-order valence-corrected chi connectivity index (χ3v) is 3.03. The number of hydrogen-bond donors (Lipinski definition) is 2. The molecule has 1 heterocycles. The normalized spacial score (nSPS) is 11.2. The lowest BCUT2D eigenvalue weighted by Gasteiger charge is -2.13. The van der Waals surface area contributed by atoms with Crippen molar-refractivity contribution in [3.8, 4) is 0 Å². The zero-order valence-electron chi connectivity index (χ0n) is 10.4. The Morgan fingerprint density at radius 3 is 2.29 bits per heavy atom. The van der Waals surface area contributed by atoms with Gasteiger partial charge in [0.1, 0.15) is 16.5 Å². The molecule has 2 aromatic rings. The number of aromatic nitrogens is 1. The number of rotatable bonds is 3. The van der Waals surface area contributed by atoms with Crippen molar-refractivity contribution in [2.45, 2.75) is 6.18 Å². The number of nitrogens with one attached hydrogen (secondary N) is 1. The molecule has 3 nitrogen and oxygen atoms in total. The number of nitrogens with zero attached hydrogens (tertiary/aromatic N) is 1. The van der Waals surface area contributed by atoms with Gasteiger partial charge in [-0.05, 0) is 36.4 Å². The van der Waals surface area contributed by atoms with Crippen LogP contribution >= 0.6 is 23.8 Å². The Hall–Kier alpha value is -1.86. The molecule has 2 rings (SSSR count). The van der Waals surface area contributed by atoms with Crippen LogP contribution in [0.25, 0.3) is 0 Å². The number of pyridine rings is 1. The zero-order valence-corrected chi connectivity index (χ0v) is 12.0. The first-order valence-electron chi connectivity index (χ1n) is 5.68. The van der Waals surface area contributed by atoms with Crippen LogP contribution in [0.5, 0.6) is 0 Å². The monoisotopic (exact) mass is 331 g/mol. The quantitative estimate of drug-likeness (QED) is 0.830. The van der Waals surface area contributed by atoms with Crippen molar-refractivity contribution in [1.82, 2.24) is 4.98 Å². The van der Waals surface area contributed by atoms with Gasteiger partial charge in [0.25, 0.3) is 0 Å². The fraction of sp³-hybridized carbons (Fsp3) is 0.0769. The third-order valence-electron chi connectivity index (χ3n) is 2.56. The molecule has 0 saturated carbocycles. The average molecular weight is 332 g/mol. The summed E-state index contributed by atoms with van der Waals surface area (Å²) >= 11 is 10.6. The van der Waals surface area contributed by atoms with Gasteiger partial charge in [0.2, 0.25) is 0 Å². The Morgan fingerprint density at radius 2 is 1.76 bits per heavy atom. The summed E-state index contributed by atoms with van der Waals surface area (Å²) in [6, 6.07) is 8.43. The highest BCUT2D eigenvalue weighted by molar-refractivity contribution is 7.80. The van der Waals surface area contributed by atoms with E-state index in [0.29, 0.717) is 10.7 Å². The second kappa shape index (κ2) is 5.87. The maximum atomic E-state index is 12.7. The molecule has 0 amide bonds. The summed E-state index contributed by atoms with van der Waals surface area (Å²) in [5.74, 6) is -0.0559. The van der Waals surface area contributed by atoms with Crippen molar-refractivity contribution in [3.63, 3.8) is 0 Å². The van der Waals surface area contributed by atoms with Crippen LogP contribution < -0.4 is 11.1 Å². The number of hydrogen-bond acceptors (Lipinski definition) is 3. The van der Waals surface area contributed by atoms with Gasteiger partial charge in [-0.1, -0.05) is 23.8 Å². The van der Waals surface area contributed by atoms with Gasteiger partial charge in [-0.2, -0.15) is 13.2 Å². The third kappa shape index (κ3) is 3.83. The predicted octanol–water partition coefficient (Wildman–Crippen LogP) is 4.13. The summed E-state index contributed by atoms with van der Waals surface area (Å²) in [6.07, 6.45) is -4.55. The summed E-state index contributed by atoms with van der Waals surface area (Å²) in [6.45, 7) is 0. The number of nitrogens with two attached hydrogens (primary N) is 1. The van der Waals surface area contributed by atoms with E-state index in [4.69, 9.17) is 29.6 Å². The molecule has 110 valence electrons. The maximum Gasteiger partial charge on any atom is 0.433 e. The number of anilines is 2. The largest absolute Gasteiger partial charge is 0.433 e. The van der Waals surface area contributed by atoms with Crippen LogP contribution in [0.2, 0.25) is 5.02 Å². The maximum absolute atomic E-state index is 12.7. The van der Waals surface area contributed by atoms with E-state index in [1.807, 2.05) is 0 Å². The standard InChI is InChI=1S/C13H9ClF3N3S/c14-7-1-3-8(4-2-7)19-12-9(11(18)21)5-6-10(20-12)13(15,16)17/h1-6H,(H2,18,21)(H,19,20). The first-order valence-corrected chi connectivity index (χ1v) is 6.46. The van der Waals surface area contributed by atoms with E-state index >= 15 is 0 Å². The number of benzene rings is 1. The van der Waals surface area contributed by atoms with Gasteiger partial charge in [-0.15, -0.1) is 0 Å². The molecule has 0 fully saturated rings. The molecule has 0 aliphatic carbocycles. The molecule has 0 saturated heterocycles. The molecular formula is C13H9ClF3N3S. The van der Waals surface area contributed by atoms with Gasteiger partial charge in [0.15, 0.2) is 0 Å². The topological polar surface area (TPSA) is 50.9 Å². The van der Waals surface area contributed by atoms with E-state index in [-0.39, 0.29) is 16.4 Å². The van der Waals surface area contributed by atoms with Crippen LogP contribution in [-0.2, 0) is 6.18 Å². The lowest BCUT2D eigenvalue weighted by atomic mass is 10.2. The molecule has 0 unspecified atom stereocenters. The zero-order chi connectivity index (χ0) is 15.6. The minimum absolute atomic E-state index is 0.0484. The van der Waals surface area contributed by atoms with Crippen LogP contribution in [0, 0.1) is 0 Å². The first kappa shape index (κ1) is 15.5. The van der Waals surface area contributed by atoms with E-state index in [0.717, 1.165) is 6.07 Å². The summed E-state index contributed by atoms with van der Waals surface area (Å²) in [5.41, 5.74) is 5.22. The first-order chi connectivity index (χ1) is 9.77. The van der Waals surface area contributed by atoms with Gasteiger partial charge in [0.05, 0.1) is 5.56 Å². The van der Waals surface area contributed by atoms with Crippen LogP contribution in [-0.4, -0.2) is 9.97 Å². The Kier molecular flexibility index (Phi) is 4.34. The van der Waals surface area contributed by atoms with E-state index in [9.17, 15) is 13.2 Å². The molecule has 0 bridgehead atoms. The Balaban J connectivity index is 2.43. The van der Waals surface area contributed by atoms with Crippen molar-refractivity contribution in [2.24, 2.45) is 5.73 Å². The summed E-state index contributed by atoms with van der Waals surface area (Å²) in [7, 11) is 0. The molecule has 0 atom stereocenters. The minimum atomic E-state index is -4.55. The minimum Gasteiger partial charge on any atom is -0.389 e. The van der Waals surface area contributed by atoms with Crippen molar-refractivity contribution in [1.29, 1.82) is 0 Å². The van der Waals surface area contributed by atoms with Crippen LogP contribution in [0.4, 0.5) is 24.7 Å². The molecule has 1 aromatic carbocycles. The van der Waals surface area contributed by atoms with Gasteiger partial charge in [-0.25, -0.2) is 4.98 Å².